The molecule has 0 spiro atoms. The second-order valence-electron chi connectivity index (χ2n) is 4.50. The predicted octanol–water partition coefficient (Wildman–Crippen LogP) is 2.28. The second kappa shape index (κ2) is 6.77. The van der Waals surface area contributed by atoms with E-state index in [9.17, 15) is 4.39 Å². The Morgan fingerprint density at radius 2 is 2.17 bits per heavy atom. The Hall–Kier alpha value is -3.11. The van der Waals surface area contributed by atoms with Crippen LogP contribution in [0.15, 0.2) is 41.9 Å². The summed E-state index contributed by atoms with van der Waals surface area (Å²) in [5.74, 6) is -0.154. The van der Waals surface area contributed by atoms with Crippen LogP contribution in [0.2, 0.25) is 5.02 Å². The van der Waals surface area contributed by atoms with Gasteiger partial charge in [0, 0.05) is 5.56 Å². The Balaban J connectivity index is 2.23. The molecule has 0 unspecified atom stereocenters. The minimum Gasteiger partial charge on any atom is -0.397 e. The van der Waals surface area contributed by atoms with E-state index in [1.807, 2.05) is 6.07 Å². The molecule has 1 aromatic carbocycles. The maximum Gasteiger partial charge on any atom is 0.141 e. The van der Waals surface area contributed by atoms with E-state index >= 15 is 0 Å². The minimum absolute atomic E-state index is 0.0102. The van der Waals surface area contributed by atoms with Crippen LogP contribution in [-0.4, -0.2) is 15.7 Å². The van der Waals surface area contributed by atoms with Crippen LogP contribution < -0.4 is 11.5 Å². The largest absolute Gasteiger partial charge is 0.397 e. The summed E-state index contributed by atoms with van der Waals surface area (Å²) in [5.41, 5.74) is 12.4. The number of aromatic nitrogens is 2. The first-order valence-electron chi connectivity index (χ1n) is 6.35. The van der Waals surface area contributed by atoms with Crippen molar-refractivity contribution in [3.05, 3.63) is 69.8 Å². The first kappa shape index (κ1) is 16.3. The summed E-state index contributed by atoms with van der Waals surface area (Å²) in [5, 5.41) is 16.6. The van der Waals surface area contributed by atoms with Gasteiger partial charge in [0.25, 0.3) is 0 Å². The van der Waals surface area contributed by atoms with Gasteiger partial charge >= 0.3 is 0 Å². The molecular weight excluding hydrogens is 319 g/mol. The summed E-state index contributed by atoms with van der Waals surface area (Å²) in [6, 6.07) is 5.75. The van der Waals surface area contributed by atoms with E-state index in [4.69, 9.17) is 33.7 Å². The molecule has 2 rings (SSSR count). The molecule has 0 saturated heterocycles. The highest BCUT2D eigenvalue weighted by Crippen LogP contribution is 2.18. The Morgan fingerprint density at radius 1 is 1.43 bits per heavy atom. The molecule has 0 aliphatic rings. The van der Waals surface area contributed by atoms with E-state index in [0.717, 1.165) is 6.07 Å². The van der Waals surface area contributed by atoms with Crippen molar-refractivity contribution in [2.24, 2.45) is 11.5 Å². The third-order valence-corrected chi connectivity index (χ3v) is 3.21. The maximum atomic E-state index is 13.1. The fraction of sp³-hybridized carbons (Fsp3) is 0. The van der Waals surface area contributed by atoms with Crippen molar-refractivity contribution in [2.75, 3.05) is 0 Å². The quantitative estimate of drug-likeness (QED) is 0.506. The number of nitrogens with one attached hydrogen (secondary N) is 2. The average molecular weight is 331 g/mol. The van der Waals surface area contributed by atoms with Crippen LogP contribution in [0.5, 0.6) is 0 Å². The highest BCUT2D eigenvalue weighted by atomic mass is 35.5. The molecule has 23 heavy (non-hydrogen) atoms. The zero-order valence-corrected chi connectivity index (χ0v) is 12.5. The third kappa shape index (κ3) is 3.75. The van der Waals surface area contributed by atoms with E-state index in [-0.39, 0.29) is 22.1 Å². The summed E-state index contributed by atoms with van der Waals surface area (Å²) in [7, 11) is 0. The molecule has 0 bridgehead atoms. The first-order chi connectivity index (χ1) is 10.9. The van der Waals surface area contributed by atoms with Crippen molar-refractivity contribution in [1.29, 1.82) is 10.7 Å². The monoisotopic (exact) mass is 330 g/mol. The van der Waals surface area contributed by atoms with Crippen LogP contribution >= 0.6 is 11.6 Å². The molecular formula is C15H12ClFN6. The smallest absolute Gasteiger partial charge is 0.141 e. The molecule has 1 heterocycles. The van der Waals surface area contributed by atoms with E-state index in [2.05, 4.69) is 9.97 Å². The summed E-state index contributed by atoms with van der Waals surface area (Å²) >= 11 is 5.69. The van der Waals surface area contributed by atoms with Gasteiger partial charge in [0.15, 0.2) is 0 Å². The molecule has 116 valence electrons. The Morgan fingerprint density at radius 3 is 2.78 bits per heavy atom. The number of allylic oxidation sites excluding steroid dienone is 2. The standard InChI is InChI=1S/C15H12ClFN6/c16-10-5-8(1-2-11(10)17)14(20)15(21)12(19)3-4-13-22-7-9(6-18)23-13/h1-5,7,20H,19,21H2,(H,22,23)/b4-3-,15-12?,20-14?. The number of H-pyrrole nitrogens is 1. The summed E-state index contributed by atoms with van der Waals surface area (Å²) in [4.78, 5) is 6.69. The van der Waals surface area contributed by atoms with Gasteiger partial charge in [-0.25, -0.2) is 9.37 Å². The van der Waals surface area contributed by atoms with Crippen LogP contribution in [0, 0.1) is 22.6 Å². The number of hydrogen-bond donors (Lipinski definition) is 4. The number of hydrogen-bond acceptors (Lipinski definition) is 5. The van der Waals surface area contributed by atoms with Crippen molar-refractivity contribution >= 4 is 23.4 Å². The van der Waals surface area contributed by atoms with Gasteiger partial charge in [-0.2, -0.15) is 5.26 Å². The fourth-order valence-corrected chi connectivity index (χ4v) is 1.87. The number of aromatic amines is 1. The lowest BCUT2D eigenvalue weighted by molar-refractivity contribution is 0.628. The van der Waals surface area contributed by atoms with Crippen LogP contribution in [0.25, 0.3) is 6.08 Å². The van der Waals surface area contributed by atoms with Crippen molar-refractivity contribution < 1.29 is 4.39 Å². The Labute approximate surface area is 136 Å². The van der Waals surface area contributed by atoms with Gasteiger partial charge in [0.05, 0.1) is 28.3 Å². The van der Waals surface area contributed by atoms with Crippen LogP contribution in [0.3, 0.4) is 0 Å². The van der Waals surface area contributed by atoms with Crippen molar-refractivity contribution in [3.63, 3.8) is 0 Å². The van der Waals surface area contributed by atoms with Gasteiger partial charge in [-0.05, 0) is 30.4 Å². The lowest BCUT2D eigenvalue weighted by Crippen LogP contribution is -2.17. The lowest BCUT2D eigenvalue weighted by atomic mass is 10.1. The molecule has 6 nitrogen and oxygen atoms in total. The number of nitrogens with two attached hydrogens (primary N) is 2. The number of nitriles is 1. The highest BCUT2D eigenvalue weighted by molar-refractivity contribution is 6.31. The molecule has 2 aromatic rings. The maximum absolute atomic E-state index is 13.1. The van der Waals surface area contributed by atoms with Gasteiger partial charge in [-0.15, -0.1) is 0 Å². The first-order valence-corrected chi connectivity index (χ1v) is 6.73. The van der Waals surface area contributed by atoms with Crippen molar-refractivity contribution in [2.45, 2.75) is 0 Å². The number of benzene rings is 1. The van der Waals surface area contributed by atoms with E-state index in [0.29, 0.717) is 17.1 Å². The molecule has 0 aliphatic carbocycles. The van der Waals surface area contributed by atoms with Crippen LogP contribution in [-0.2, 0) is 0 Å². The topological polar surface area (TPSA) is 128 Å². The number of nitrogens with zero attached hydrogens (tertiary/aromatic N) is 2. The summed E-state index contributed by atoms with van der Waals surface area (Å²) < 4.78 is 13.1. The predicted molar refractivity (Wildman–Crippen MR) is 86.0 cm³/mol. The lowest BCUT2D eigenvalue weighted by Gasteiger charge is -2.07. The zero-order valence-electron chi connectivity index (χ0n) is 11.8. The second-order valence-corrected chi connectivity index (χ2v) is 4.91. The van der Waals surface area contributed by atoms with E-state index < -0.39 is 5.82 Å². The molecule has 6 N–H and O–H groups in total. The van der Waals surface area contributed by atoms with Crippen molar-refractivity contribution in [1.82, 2.24) is 9.97 Å². The molecule has 0 saturated carbocycles. The molecule has 8 heteroatoms. The SMILES string of the molecule is N#Cc1cnc(/C=C\C(N)=C(N)C(=N)c2ccc(F)c(Cl)c2)[nH]1. The number of rotatable bonds is 4. The fourth-order valence-electron chi connectivity index (χ4n) is 1.69. The van der Waals surface area contributed by atoms with E-state index in [1.54, 1.807) is 0 Å². The molecule has 0 fully saturated rings. The molecule has 0 atom stereocenters. The van der Waals surface area contributed by atoms with Gasteiger partial charge in [-0.1, -0.05) is 11.6 Å². The van der Waals surface area contributed by atoms with Gasteiger partial charge in [-0.3, -0.25) is 5.41 Å². The molecule has 0 aliphatic heterocycles. The van der Waals surface area contributed by atoms with Gasteiger partial charge in [0.2, 0.25) is 0 Å². The summed E-state index contributed by atoms with van der Waals surface area (Å²) in [6.07, 6.45) is 4.36. The molecule has 0 radical (unpaired) electrons. The zero-order chi connectivity index (χ0) is 17.0. The normalized spacial score (nSPS) is 12.0. The third-order valence-electron chi connectivity index (χ3n) is 2.93. The number of halogens is 2. The van der Waals surface area contributed by atoms with Crippen LogP contribution in [0.4, 0.5) is 4.39 Å². The minimum atomic E-state index is -0.579. The average Bonchev–Trinajstić information content (AvgIpc) is 3.01. The van der Waals surface area contributed by atoms with Gasteiger partial charge in [0.1, 0.15) is 23.4 Å². The number of imidazole rings is 1. The van der Waals surface area contributed by atoms with Crippen LogP contribution in [0.1, 0.15) is 17.1 Å². The Bertz CT molecular complexity index is 859. The molecule has 0 amide bonds. The summed E-state index contributed by atoms with van der Waals surface area (Å²) in [6.45, 7) is 0. The van der Waals surface area contributed by atoms with E-state index in [1.165, 1.54) is 30.5 Å². The highest BCUT2D eigenvalue weighted by Gasteiger charge is 2.10. The molecule has 1 aromatic heterocycles. The van der Waals surface area contributed by atoms with Gasteiger partial charge < -0.3 is 16.5 Å². The van der Waals surface area contributed by atoms with Crippen molar-refractivity contribution in [3.8, 4) is 6.07 Å². The Kier molecular flexibility index (Phi) is 4.79.